The summed E-state index contributed by atoms with van der Waals surface area (Å²) in [5.74, 6) is 1.42. The van der Waals surface area contributed by atoms with Crippen LogP contribution in [0.3, 0.4) is 0 Å². The lowest BCUT2D eigenvalue weighted by Crippen LogP contribution is -2.27. The number of fused-ring (bicyclic) bond motifs is 1. The summed E-state index contributed by atoms with van der Waals surface area (Å²) in [6, 6.07) is 12.7. The first-order valence-corrected chi connectivity index (χ1v) is 7.19. The molecule has 1 aliphatic rings. The van der Waals surface area contributed by atoms with Crippen LogP contribution >= 0.6 is 0 Å². The first kappa shape index (κ1) is 13.4. The Morgan fingerprint density at radius 3 is 2.55 bits per heavy atom. The SMILES string of the molecule is COc1ccc2cc([C@@H](N)C3CCOCC3)ccc2c1. The lowest BCUT2D eigenvalue weighted by atomic mass is 9.87. The van der Waals surface area contributed by atoms with Crippen LogP contribution < -0.4 is 10.5 Å². The van der Waals surface area contributed by atoms with E-state index in [2.05, 4.69) is 30.3 Å². The molecule has 0 bridgehead atoms. The molecular weight excluding hydrogens is 250 g/mol. The zero-order valence-electron chi connectivity index (χ0n) is 11.8. The van der Waals surface area contributed by atoms with Gasteiger partial charge in [0.25, 0.3) is 0 Å². The number of methoxy groups -OCH3 is 1. The van der Waals surface area contributed by atoms with Gasteiger partial charge in [-0.3, -0.25) is 0 Å². The highest BCUT2D eigenvalue weighted by atomic mass is 16.5. The van der Waals surface area contributed by atoms with E-state index >= 15 is 0 Å². The molecule has 2 aromatic rings. The van der Waals surface area contributed by atoms with E-state index in [1.165, 1.54) is 16.3 Å². The van der Waals surface area contributed by atoms with Gasteiger partial charge in [0.05, 0.1) is 7.11 Å². The molecule has 0 unspecified atom stereocenters. The van der Waals surface area contributed by atoms with Gasteiger partial charge in [-0.2, -0.15) is 0 Å². The first-order chi connectivity index (χ1) is 9.78. The fraction of sp³-hybridized carbons (Fsp3) is 0.412. The monoisotopic (exact) mass is 271 g/mol. The maximum atomic E-state index is 6.44. The average molecular weight is 271 g/mol. The Kier molecular flexibility index (Phi) is 3.90. The minimum atomic E-state index is 0.102. The molecule has 0 aliphatic carbocycles. The summed E-state index contributed by atoms with van der Waals surface area (Å²) in [5, 5.41) is 2.40. The highest BCUT2D eigenvalue weighted by Gasteiger charge is 2.22. The summed E-state index contributed by atoms with van der Waals surface area (Å²) in [5.41, 5.74) is 7.65. The van der Waals surface area contributed by atoms with Gasteiger partial charge in [-0.05, 0) is 53.3 Å². The van der Waals surface area contributed by atoms with Crippen LogP contribution in [0.15, 0.2) is 36.4 Å². The molecule has 1 saturated heterocycles. The molecule has 1 heterocycles. The van der Waals surface area contributed by atoms with Gasteiger partial charge in [0.2, 0.25) is 0 Å². The summed E-state index contributed by atoms with van der Waals surface area (Å²) in [6.07, 6.45) is 2.11. The van der Waals surface area contributed by atoms with Crippen molar-refractivity contribution in [1.82, 2.24) is 0 Å². The minimum absolute atomic E-state index is 0.102. The Balaban J connectivity index is 1.88. The van der Waals surface area contributed by atoms with Crippen molar-refractivity contribution in [2.45, 2.75) is 18.9 Å². The number of ether oxygens (including phenoxy) is 2. The molecular formula is C17H21NO2. The molecule has 3 heteroatoms. The standard InChI is InChI=1S/C17H21NO2/c1-19-16-5-4-13-10-15(3-2-14(13)11-16)17(18)12-6-8-20-9-7-12/h2-5,10-12,17H,6-9,18H2,1H3/t17-/m0/s1. The number of benzene rings is 2. The van der Waals surface area contributed by atoms with Gasteiger partial charge in [-0.15, -0.1) is 0 Å². The lowest BCUT2D eigenvalue weighted by molar-refractivity contribution is 0.0584. The Morgan fingerprint density at radius 2 is 1.80 bits per heavy atom. The van der Waals surface area contributed by atoms with E-state index in [1.807, 2.05) is 6.07 Å². The second-order valence-electron chi connectivity index (χ2n) is 5.45. The second-order valence-corrected chi connectivity index (χ2v) is 5.45. The molecule has 1 aliphatic heterocycles. The summed E-state index contributed by atoms with van der Waals surface area (Å²) >= 11 is 0. The van der Waals surface area contributed by atoms with Crippen molar-refractivity contribution in [2.24, 2.45) is 11.7 Å². The molecule has 0 aromatic heterocycles. The van der Waals surface area contributed by atoms with Crippen molar-refractivity contribution < 1.29 is 9.47 Å². The van der Waals surface area contributed by atoms with E-state index in [4.69, 9.17) is 15.2 Å². The molecule has 106 valence electrons. The topological polar surface area (TPSA) is 44.5 Å². The van der Waals surface area contributed by atoms with Gasteiger partial charge in [0.15, 0.2) is 0 Å². The minimum Gasteiger partial charge on any atom is -0.497 e. The van der Waals surface area contributed by atoms with E-state index in [0.29, 0.717) is 5.92 Å². The fourth-order valence-corrected chi connectivity index (χ4v) is 2.92. The molecule has 0 amide bonds. The third kappa shape index (κ3) is 2.65. The predicted octanol–water partition coefficient (Wildman–Crippen LogP) is 3.27. The summed E-state index contributed by atoms with van der Waals surface area (Å²) in [7, 11) is 1.69. The molecule has 1 fully saturated rings. The number of nitrogens with two attached hydrogens (primary N) is 1. The Morgan fingerprint density at radius 1 is 1.10 bits per heavy atom. The Bertz CT molecular complexity index is 591. The largest absolute Gasteiger partial charge is 0.497 e. The van der Waals surface area contributed by atoms with Crippen LogP contribution in [0, 0.1) is 5.92 Å². The predicted molar refractivity (Wildman–Crippen MR) is 81.0 cm³/mol. The number of hydrogen-bond acceptors (Lipinski definition) is 3. The van der Waals surface area contributed by atoms with Crippen LogP contribution in [-0.4, -0.2) is 20.3 Å². The second kappa shape index (κ2) is 5.81. The molecule has 1 atom stereocenters. The quantitative estimate of drug-likeness (QED) is 0.931. The van der Waals surface area contributed by atoms with Gasteiger partial charge >= 0.3 is 0 Å². The number of hydrogen-bond donors (Lipinski definition) is 1. The molecule has 0 radical (unpaired) electrons. The maximum Gasteiger partial charge on any atom is 0.119 e. The van der Waals surface area contributed by atoms with Crippen molar-refractivity contribution in [3.05, 3.63) is 42.0 Å². The smallest absolute Gasteiger partial charge is 0.119 e. The van der Waals surface area contributed by atoms with Crippen molar-refractivity contribution in [2.75, 3.05) is 20.3 Å². The van der Waals surface area contributed by atoms with Gasteiger partial charge in [0, 0.05) is 19.3 Å². The normalized spacial score (nSPS) is 18.1. The van der Waals surface area contributed by atoms with Crippen LogP contribution in [0.2, 0.25) is 0 Å². The van der Waals surface area contributed by atoms with Gasteiger partial charge in [-0.25, -0.2) is 0 Å². The van der Waals surface area contributed by atoms with Crippen molar-refractivity contribution >= 4 is 10.8 Å². The number of rotatable bonds is 3. The van der Waals surface area contributed by atoms with Crippen LogP contribution in [0.5, 0.6) is 5.75 Å². The van der Waals surface area contributed by atoms with E-state index in [0.717, 1.165) is 31.8 Å². The van der Waals surface area contributed by atoms with Crippen LogP contribution in [0.25, 0.3) is 10.8 Å². The van der Waals surface area contributed by atoms with Gasteiger partial charge in [0.1, 0.15) is 5.75 Å². The highest BCUT2D eigenvalue weighted by molar-refractivity contribution is 5.84. The first-order valence-electron chi connectivity index (χ1n) is 7.19. The fourth-order valence-electron chi connectivity index (χ4n) is 2.92. The molecule has 20 heavy (non-hydrogen) atoms. The molecule has 0 spiro atoms. The van der Waals surface area contributed by atoms with Gasteiger partial charge < -0.3 is 15.2 Å². The van der Waals surface area contributed by atoms with Gasteiger partial charge in [-0.1, -0.05) is 18.2 Å². The zero-order valence-corrected chi connectivity index (χ0v) is 11.8. The Labute approximate surface area is 119 Å². The van der Waals surface area contributed by atoms with Crippen molar-refractivity contribution in [3.8, 4) is 5.75 Å². The summed E-state index contributed by atoms with van der Waals surface area (Å²) in [6.45, 7) is 1.67. The molecule has 3 rings (SSSR count). The molecule has 2 N–H and O–H groups in total. The van der Waals surface area contributed by atoms with E-state index in [9.17, 15) is 0 Å². The van der Waals surface area contributed by atoms with Crippen molar-refractivity contribution in [1.29, 1.82) is 0 Å². The van der Waals surface area contributed by atoms with Crippen LogP contribution in [0.1, 0.15) is 24.4 Å². The average Bonchev–Trinajstić information content (AvgIpc) is 2.54. The zero-order chi connectivity index (χ0) is 13.9. The molecule has 0 saturated carbocycles. The van der Waals surface area contributed by atoms with Crippen molar-refractivity contribution in [3.63, 3.8) is 0 Å². The van der Waals surface area contributed by atoms with E-state index < -0.39 is 0 Å². The van der Waals surface area contributed by atoms with E-state index in [-0.39, 0.29) is 6.04 Å². The lowest BCUT2D eigenvalue weighted by Gasteiger charge is -2.28. The maximum absolute atomic E-state index is 6.44. The molecule has 3 nitrogen and oxygen atoms in total. The van der Waals surface area contributed by atoms with Crippen LogP contribution in [-0.2, 0) is 4.74 Å². The summed E-state index contributed by atoms with van der Waals surface area (Å²) in [4.78, 5) is 0. The Hall–Kier alpha value is -1.58. The van der Waals surface area contributed by atoms with Crippen LogP contribution in [0.4, 0.5) is 0 Å². The summed E-state index contributed by atoms with van der Waals surface area (Å²) < 4.78 is 10.7. The molecule has 2 aromatic carbocycles. The van der Waals surface area contributed by atoms with E-state index in [1.54, 1.807) is 7.11 Å². The highest BCUT2D eigenvalue weighted by Crippen LogP contribution is 2.30. The third-order valence-electron chi connectivity index (χ3n) is 4.23. The third-order valence-corrected chi connectivity index (χ3v) is 4.23.